The van der Waals surface area contributed by atoms with Gasteiger partial charge in [-0.1, -0.05) is 158 Å². The van der Waals surface area contributed by atoms with Crippen molar-refractivity contribution in [3.05, 3.63) is 85.3 Å². The Kier molecular flexibility index (Phi) is 54.6. The van der Waals surface area contributed by atoms with Crippen LogP contribution in [0.25, 0.3) is 0 Å². The molecule has 0 aliphatic heterocycles. The molecule has 0 saturated carbocycles. The van der Waals surface area contributed by atoms with Gasteiger partial charge < -0.3 is 10.2 Å². The lowest BCUT2D eigenvalue weighted by Crippen LogP contribution is -2.37. The molecule has 0 bridgehead atoms. The van der Waals surface area contributed by atoms with E-state index in [2.05, 4.69) is 97.3 Å². The molecule has 0 aromatic heterocycles. The lowest BCUT2D eigenvalue weighted by Gasteiger charge is -2.36. The number of ketones is 1. The first-order chi connectivity index (χ1) is 24.8. The second kappa shape index (κ2) is 46.3. The maximum absolute atomic E-state index is 10.9. The van der Waals surface area contributed by atoms with E-state index < -0.39 is 0 Å². The fourth-order valence-electron chi connectivity index (χ4n) is 4.75. The molecule has 0 fully saturated rings. The molecule has 0 aliphatic rings. The van der Waals surface area contributed by atoms with E-state index in [9.17, 15) is 4.79 Å². The second-order valence-corrected chi connectivity index (χ2v) is 12.8. The fraction of sp³-hybridized carbons (Fsp3) is 0.667. The minimum atomic E-state index is 0.146. The monoisotopic (exact) mass is 728 g/mol. The van der Waals surface area contributed by atoms with Crippen LogP contribution >= 0.6 is 0 Å². The van der Waals surface area contributed by atoms with Crippen LogP contribution in [-0.2, 0) is 11.2 Å². The van der Waals surface area contributed by atoms with Gasteiger partial charge in [0.1, 0.15) is 5.78 Å². The van der Waals surface area contributed by atoms with Gasteiger partial charge in [-0.05, 0) is 96.4 Å². The number of Topliss-reactive ketones (excluding diaryl/α,β-unsaturated/α-hetero) is 1. The molecule has 1 aromatic rings. The van der Waals surface area contributed by atoms with Crippen molar-refractivity contribution in [2.45, 2.75) is 175 Å². The summed E-state index contributed by atoms with van der Waals surface area (Å²) in [6, 6.07) is 10.6. The molecule has 4 heteroatoms. The van der Waals surface area contributed by atoms with Crippen LogP contribution in [0.3, 0.4) is 0 Å². The summed E-state index contributed by atoms with van der Waals surface area (Å²) in [5.41, 5.74) is 5.70. The summed E-state index contributed by atoms with van der Waals surface area (Å²) in [6.07, 6.45) is 13.0. The molecule has 0 amide bonds. The maximum atomic E-state index is 10.9. The highest BCUT2D eigenvalue weighted by Gasteiger charge is 2.23. The van der Waals surface area contributed by atoms with E-state index in [1.54, 1.807) is 6.92 Å². The fourth-order valence-corrected chi connectivity index (χ4v) is 4.75. The molecule has 0 aliphatic carbocycles. The third-order valence-corrected chi connectivity index (χ3v) is 8.26. The molecule has 1 aromatic carbocycles. The van der Waals surface area contributed by atoms with Crippen LogP contribution in [0.15, 0.2) is 84.7 Å². The van der Waals surface area contributed by atoms with Gasteiger partial charge in [0.05, 0.1) is 5.70 Å². The topological polar surface area (TPSA) is 44.7 Å². The molecular formula is C48H93N3O. The van der Waals surface area contributed by atoms with E-state index in [1.807, 2.05) is 93.6 Å². The summed E-state index contributed by atoms with van der Waals surface area (Å²) < 4.78 is 0. The lowest BCUT2D eigenvalue weighted by atomic mass is 9.89. The van der Waals surface area contributed by atoms with Crippen molar-refractivity contribution >= 4 is 11.5 Å². The second-order valence-electron chi connectivity index (χ2n) is 12.8. The number of nitrogens with one attached hydrogen (secondary N) is 1. The van der Waals surface area contributed by atoms with Gasteiger partial charge in [-0.3, -0.25) is 9.79 Å². The van der Waals surface area contributed by atoms with Crippen LogP contribution in [0.4, 0.5) is 0 Å². The molecule has 0 heterocycles. The Bertz CT molecular complexity index is 971. The highest BCUT2D eigenvalue weighted by Crippen LogP contribution is 2.25. The summed E-state index contributed by atoms with van der Waals surface area (Å²) in [5, 5.41) is 3.13. The summed E-state index contributed by atoms with van der Waals surface area (Å²) in [7, 11) is 4.21. The van der Waals surface area contributed by atoms with Crippen molar-refractivity contribution in [1.29, 1.82) is 0 Å². The molecule has 0 spiro atoms. The van der Waals surface area contributed by atoms with Gasteiger partial charge in [-0.2, -0.15) is 0 Å². The molecule has 0 radical (unpaired) electrons. The molecule has 1 rings (SSSR count). The van der Waals surface area contributed by atoms with Gasteiger partial charge >= 0.3 is 0 Å². The van der Waals surface area contributed by atoms with Crippen LogP contribution in [0.5, 0.6) is 0 Å². The van der Waals surface area contributed by atoms with Gasteiger partial charge in [0.25, 0.3) is 0 Å². The SMILES string of the molecule is C=C.C=C(C)/C(=C/C)N=C(C)C(C)CC(C(C)C)N(C)C(=C)CCCC.CC.CC.CC.CC(=O)C(C)Cc1ccccc1.CCCCCCNC. The third-order valence-electron chi connectivity index (χ3n) is 8.26. The standard InChI is InChI=1S/C22H40N2.C11H14O.C7H17N.3C2H6.C2H4/c1-11-13-14-19(8)24(10)22(17(5)6)15-18(7)20(9)23-21(12-2)16(3)4;1-9(10(2)12)8-11-6-4-3-5-7-11;1-3-4-5-6-7-8-2;4*1-2/h12,17-18,22H,3,8,11,13-15H2,1-2,4-7,9-10H3;3-7,9H,8H2,1-2H3;8H,3-7H2,1-2H3;3*1-2H3;1-2H2/b21-12-,23-20?;;;;;;. The van der Waals surface area contributed by atoms with E-state index in [4.69, 9.17) is 4.99 Å². The van der Waals surface area contributed by atoms with E-state index >= 15 is 0 Å². The number of benzene rings is 1. The summed E-state index contributed by atoms with van der Waals surface area (Å²) >= 11 is 0. The zero-order valence-electron chi connectivity index (χ0n) is 38.5. The van der Waals surface area contributed by atoms with Crippen molar-refractivity contribution in [1.82, 2.24) is 10.2 Å². The predicted molar refractivity (Wildman–Crippen MR) is 244 cm³/mol. The zero-order chi connectivity index (χ0) is 42.1. The quantitative estimate of drug-likeness (QED) is 0.0668. The molecule has 3 unspecified atom stereocenters. The van der Waals surface area contributed by atoms with Crippen LogP contribution < -0.4 is 5.32 Å². The molecule has 306 valence electrons. The summed E-state index contributed by atoms with van der Waals surface area (Å²) in [6.45, 7) is 48.6. The predicted octanol–water partition coefficient (Wildman–Crippen LogP) is 14.7. The van der Waals surface area contributed by atoms with Crippen molar-refractivity contribution in [3.8, 4) is 0 Å². The van der Waals surface area contributed by atoms with E-state index in [0.717, 1.165) is 30.5 Å². The van der Waals surface area contributed by atoms with Crippen LogP contribution in [0.1, 0.15) is 168 Å². The first-order valence-electron chi connectivity index (χ1n) is 20.7. The van der Waals surface area contributed by atoms with Crippen LogP contribution in [0.2, 0.25) is 0 Å². The largest absolute Gasteiger partial charge is 0.375 e. The number of unbranched alkanes of at least 4 members (excludes halogenated alkanes) is 4. The third kappa shape index (κ3) is 37.1. The van der Waals surface area contributed by atoms with Crippen LogP contribution in [-0.4, -0.2) is 43.1 Å². The first-order valence-corrected chi connectivity index (χ1v) is 20.7. The van der Waals surface area contributed by atoms with Crippen molar-refractivity contribution in [2.24, 2.45) is 22.7 Å². The Balaban J connectivity index is -0.000000156. The average Bonchev–Trinajstić information content (AvgIpc) is 3.16. The lowest BCUT2D eigenvalue weighted by molar-refractivity contribution is -0.120. The van der Waals surface area contributed by atoms with Gasteiger partial charge in [0.2, 0.25) is 0 Å². The number of hydrogen-bond donors (Lipinski definition) is 1. The van der Waals surface area contributed by atoms with Gasteiger partial charge in [-0.15, -0.1) is 13.2 Å². The van der Waals surface area contributed by atoms with E-state index in [1.165, 1.54) is 62.0 Å². The molecule has 1 N–H and O–H groups in total. The van der Waals surface area contributed by atoms with Gasteiger partial charge in [-0.25, -0.2) is 0 Å². The Morgan fingerprint density at radius 1 is 0.827 bits per heavy atom. The van der Waals surface area contributed by atoms with Crippen LogP contribution in [0, 0.1) is 17.8 Å². The minimum absolute atomic E-state index is 0.146. The highest BCUT2D eigenvalue weighted by molar-refractivity contribution is 5.85. The smallest absolute Gasteiger partial charge is 0.132 e. The summed E-state index contributed by atoms with van der Waals surface area (Å²) in [4.78, 5) is 18.1. The normalized spacial score (nSPS) is 11.9. The van der Waals surface area contributed by atoms with Crippen molar-refractivity contribution in [2.75, 3.05) is 20.6 Å². The van der Waals surface area contributed by atoms with Crippen molar-refractivity contribution in [3.63, 3.8) is 0 Å². The summed E-state index contributed by atoms with van der Waals surface area (Å²) in [5.74, 6) is 1.44. The molecule has 0 saturated heterocycles. The number of allylic oxidation sites excluding steroid dienone is 3. The molecule has 52 heavy (non-hydrogen) atoms. The number of rotatable bonds is 19. The molecule has 3 atom stereocenters. The van der Waals surface area contributed by atoms with Crippen molar-refractivity contribution < 1.29 is 4.79 Å². The van der Waals surface area contributed by atoms with Gasteiger partial charge in [0.15, 0.2) is 0 Å². The van der Waals surface area contributed by atoms with E-state index in [0.29, 0.717) is 17.9 Å². The Morgan fingerprint density at radius 2 is 1.33 bits per heavy atom. The first kappa shape index (κ1) is 61.3. The minimum Gasteiger partial charge on any atom is -0.375 e. The Labute approximate surface area is 328 Å². The number of carbonyl (C=O) groups excluding carboxylic acids is 1. The van der Waals surface area contributed by atoms with E-state index in [-0.39, 0.29) is 11.7 Å². The van der Waals surface area contributed by atoms with Gasteiger partial charge in [0, 0.05) is 30.4 Å². The highest BCUT2D eigenvalue weighted by atomic mass is 16.1. The number of aliphatic imine (C=N–C) groups is 1. The molecule has 4 nitrogen and oxygen atoms in total. The number of nitrogens with zero attached hydrogens (tertiary/aromatic N) is 2. The molecular weight excluding hydrogens is 635 g/mol. The average molecular weight is 728 g/mol. The number of carbonyl (C=O) groups is 1. The zero-order valence-corrected chi connectivity index (χ0v) is 38.5. The number of hydrogen-bond acceptors (Lipinski definition) is 4. The maximum Gasteiger partial charge on any atom is 0.132 e. The Hall–Kier alpha value is -2.72. The Morgan fingerprint density at radius 3 is 1.71 bits per heavy atom.